The third-order valence-electron chi connectivity index (χ3n) is 1.84. The summed E-state index contributed by atoms with van der Waals surface area (Å²) in [6.07, 6.45) is 11.2. The van der Waals surface area contributed by atoms with Gasteiger partial charge in [-0.05, 0) is 26.7 Å². The van der Waals surface area contributed by atoms with Crippen molar-refractivity contribution in [1.82, 2.24) is 0 Å². The highest BCUT2D eigenvalue weighted by atomic mass is 16.6. The lowest BCUT2D eigenvalue weighted by atomic mass is 10.2. The summed E-state index contributed by atoms with van der Waals surface area (Å²) in [5, 5.41) is 0. The molecule has 0 rings (SSSR count). The zero-order valence-corrected chi connectivity index (χ0v) is 10.3. The summed E-state index contributed by atoms with van der Waals surface area (Å²) in [4.78, 5) is 22.5. The number of esters is 2. The van der Waals surface area contributed by atoms with Crippen LogP contribution in [0.3, 0.4) is 0 Å². The molecule has 0 unspecified atom stereocenters. The van der Waals surface area contributed by atoms with Crippen LogP contribution in [0.4, 0.5) is 0 Å². The SMILES string of the molecule is C=C(CC=CC)C(=O)OC(=O)C=CCC=CC. The van der Waals surface area contributed by atoms with Gasteiger partial charge in [0.2, 0.25) is 0 Å². The average Bonchev–Trinajstić information content (AvgIpc) is 2.31. The first-order valence-electron chi connectivity index (χ1n) is 5.44. The number of carbonyl (C=O) groups is 2. The molecule has 0 aliphatic heterocycles. The van der Waals surface area contributed by atoms with Crippen molar-refractivity contribution in [3.05, 3.63) is 48.6 Å². The van der Waals surface area contributed by atoms with Crippen LogP contribution in [0, 0.1) is 0 Å². The second kappa shape index (κ2) is 9.33. The van der Waals surface area contributed by atoms with Crippen molar-refractivity contribution in [2.75, 3.05) is 0 Å². The van der Waals surface area contributed by atoms with Crippen LogP contribution in [0.25, 0.3) is 0 Å². The minimum atomic E-state index is -0.677. The molecule has 0 aliphatic rings. The van der Waals surface area contributed by atoms with Crippen molar-refractivity contribution >= 4 is 11.9 Å². The smallest absolute Gasteiger partial charge is 0.341 e. The molecule has 0 aromatic rings. The average molecular weight is 234 g/mol. The third kappa shape index (κ3) is 7.96. The minimum Gasteiger partial charge on any atom is -0.386 e. The molecule has 0 aromatic carbocycles. The molecule has 0 radical (unpaired) electrons. The largest absolute Gasteiger partial charge is 0.386 e. The summed E-state index contributed by atoms with van der Waals surface area (Å²) in [6, 6.07) is 0. The predicted octanol–water partition coefficient (Wildman–Crippen LogP) is 3.10. The van der Waals surface area contributed by atoms with E-state index < -0.39 is 11.9 Å². The van der Waals surface area contributed by atoms with Crippen LogP contribution in [0.5, 0.6) is 0 Å². The Morgan fingerprint density at radius 1 is 1.12 bits per heavy atom. The number of carbonyl (C=O) groups excluding carboxylic acids is 2. The van der Waals surface area contributed by atoms with Crippen LogP contribution in [-0.4, -0.2) is 11.9 Å². The highest BCUT2D eigenvalue weighted by molar-refractivity contribution is 5.99. The lowest BCUT2D eigenvalue weighted by Gasteiger charge is -2.00. The molecule has 0 heterocycles. The Kier molecular flexibility index (Phi) is 8.29. The van der Waals surface area contributed by atoms with E-state index in [0.29, 0.717) is 12.8 Å². The molecule has 3 nitrogen and oxygen atoms in total. The van der Waals surface area contributed by atoms with Gasteiger partial charge in [-0.1, -0.05) is 37.0 Å². The van der Waals surface area contributed by atoms with Gasteiger partial charge in [-0.25, -0.2) is 9.59 Å². The van der Waals surface area contributed by atoms with Crippen LogP contribution < -0.4 is 0 Å². The Morgan fingerprint density at radius 2 is 1.76 bits per heavy atom. The summed E-state index contributed by atoms with van der Waals surface area (Å²) in [7, 11) is 0. The first-order chi connectivity index (χ1) is 8.11. The van der Waals surface area contributed by atoms with Gasteiger partial charge in [-0.3, -0.25) is 0 Å². The molecule has 0 bridgehead atoms. The molecular weight excluding hydrogens is 216 g/mol. The Labute approximate surface area is 102 Å². The van der Waals surface area contributed by atoms with Gasteiger partial charge < -0.3 is 4.74 Å². The van der Waals surface area contributed by atoms with Crippen molar-refractivity contribution in [3.63, 3.8) is 0 Å². The highest BCUT2D eigenvalue weighted by Crippen LogP contribution is 2.02. The second-order valence-electron chi connectivity index (χ2n) is 3.29. The van der Waals surface area contributed by atoms with E-state index in [2.05, 4.69) is 11.3 Å². The van der Waals surface area contributed by atoms with E-state index in [1.165, 1.54) is 6.08 Å². The highest BCUT2D eigenvalue weighted by Gasteiger charge is 2.10. The van der Waals surface area contributed by atoms with Crippen molar-refractivity contribution in [2.24, 2.45) is 0 Å². The summed E-state index contributed by atoms with van der Waals surface area (Å²) >= 11 is 0. The summed E-state index contributed by atoms with van der Waals surface area (Å²) in [6.45, 7) is 7.27. The quantitative estimate of drug-likeness (QED) is 0.307. The van der Waals surface area contributed by atoms with Gasteiger partial charge in [0.15, 0.2) is 0 Å². The fraction of sp³-hybridized carbons (Fsp3) is 0.286. The Balaban J connectivity index is 4.07. The number of hydrogen-bond donors (Lipinski definition) is 0. The maximum atomic E-state index is 11.3. The normalized spacial score (nSPS) is 11.4. The van der Waals surface area contributed by atoms with E-state index in [1.807, 2.05) is 26.0 Å². The fourth-order valence-electron chi connectivity index (χ4n) is 0.920. The van der Waals surface area contributed by atoms with E-state index in [1.54, 1.807) is 18.2 Å². The van der Waals surface area contributed by atoms with Crippen LogP contribution in [0.2, 0.25) is 0 Å². The molecule has 0 spiro atoms. The predicted molar refractivity (Wildman–Crippen MR) is 68.2 cm³/mol. The van der Waals surface area contributed by atoms with Gasteiger partial charge in [0, 0.05) is 11.6 Å². The molecule has 0 atom stereocenters. The van der Waals surface area contributed by atoms with Crippen molar-refractivity contribution < 1.29 is 14.3 Å². The standard InChI is InChI=1S/C14H18O3/c1-4-6-8-9-11-13(15)17-14(16)12(3)10-7-5-2/h4-7,9,11H,3,8,10H2,1-2H3. The molecule has 3 heteroatoms. The van der Waals surface area contributed by atoms with Gasteiger partial charge in [0.25, 0.3) is 0 Å². The van der Waals surface area contributed by atoms with Gasteiger partial charge >= 0.3 is 11.9 Å². The van der Waals surface area contributed by atoms with E-state index in [9.17, 15) is 9.59 Å². The maximum Gasteiger partial charge on any atom is 0.341 e. The van der Waals surface area contributed by atoms with Gasteiger partial charge in [0.1, 0.15) is 0 Å². The third-order valence-corrected chi connectivity index (χ3v) is 1.84. The molecule has 0 saturated carbocycles. The summed E-state index contributed by atoms with van der Waals surface area (Å²) in [5.41, 5.74) is 0.262. The zero-order valence-electron chi connectivity index (χ0n) is 10.3. The zero-order chi connectivity index (χ0) is 13.1. The lowest BCUT2D eigenvalue weighted by Crippen LogP contribution is -2.11. The van der Waals surface area contributed by atoms with Crippen LogP contribution in [0.15, 0.2) is 48.6 Å². The summed E-state index contributed by atoms with van der Waals surface area (Å²) in [5.74, 6) is -1.34. The van der Waals surface area contributed by atoms with Crippen molar-refractivity contribution in [3.8, 4) is 0 Å². The molecule has 0 amide bonds. The topological polar surface area (TPSA) is 43.4 Å². The van der Waals surface area contributed by atoms with Crippen LogP contribution in [-0.2, 0) is 14.3 Å². The van der Waals surface area contributed by atoms with E-state index in [-0.39, 0.29) is 5.57 Å². The number of ether oxygens (including phenoxy) is 1. The number of hydrogen-bond acceptors (Lipinski definition) is 3. The monoisotopic (exact) mass is 234 g/mol. The second-order valence-corrected chi connectivity index (χ2v) is 3.29. The molecule has 0 fully saturated rings. The molecule has 92 valence electrons. The molecule has 0 aromatic heterocycles. The van der Waals surface area contributed by atoms with E-state index in [4.69, 9.17) is 0 Å². The Morgan fingerprint density at radius 3 is 2.35 bits per heavy atom. The minimum absolute atomic E-state index is 0.262. The molecule has 17 heavy (non-hydrogen) atoms. The van der Waals surface area contributed by atoms with E-state index >= 15 is 0 Å². The number of allylic oxidation sites excluding steroid dienone is 5. The first-order valence-corrected chi connectivity index (χ1v) is 5.44. The fourth-order valence-corrected chi connectivity index (χ4v) is 0.920. The van der Waals surface area contributed by atoms with Crippen molar-refractivity contribution in [2.45, 2.75) is 26.7 Å². The molecule has 0 saturated heterocycles. The maximum absolute atomic E-state index is 11.3. The first kappa shape index (κ1) is 15.1. The van der Waals surface area contributed by atoms with Crippen LogP contribution >= 0.6 is 0 Å². The van der Waals surface area contributed by atoms with Crippen molar-refractivity contribution in [1.29, 1.82) is 0 Å². The van der Waals surface area contributed by atoms with Crippen LogP contribution in [0.1, 0.15) is 26.7 Å². The van der Waals surface area contributed by atoms with Gasteiger partial charge in [-0.2, -0.15) is 0 Å². The molecule has 0 aliphatic carbocycles. The molecule has 0 N–H and O–H groups in total. The molecular formula is C14H18O3. The summed E-state index contributed by atoms with van der Waals surface area (Å²) < 4.78 is 4.57. The number of rotatable bonds is 6. The lowest BCUT2D eigenvalue weighted by molar-refractivity contribution is -0.153. The van der Waals surface area contributed by atoms with Gasteiger partial charge in [0.05, 0.1) is 0 Å². The Bertz CT molecular complexity index is 360. The van der Waals surface area contributed by atoms with E-state index in [0.717, 1.165) is 0 Å². The Hall–Kier alpha value is -1.90. The van der Waals surface area contributed by atoms with Gasteiger partial charge in [-0.15, -0.1) is 0 Å².